The molecule has 0 radical (unpaired) electrons. The summed E-state index contributed by atoms with van der Waals surface area (Å²) in [7, 11) is 0. The van der Waals surface area contributed by atoms with Crippen LogP contribution in [0.1, 0.15) is 43.2 Å². The molecule has 6 heteroatoms. The average Bonchev–Trinajstić information content (AvgIpc) is 3.31. The lowest BCUT2D eigenvalue weighted by Crippen LogP contribution is -2.30. The lowest BCUT2D eigenvalue weighted by atomic mass is 9.70. The van der Waals surface area contributed by atoms with Crippen LogP contribution in [0, 0.1) is 6.92 Å². The van der Waals surface area contributed by atoms with Crippen LogP contribution in [-0.4, -0.2) is 24.2 Å². The molecule has 1 aliphatic heterocycles. The monoisotopic (exact) mass is 553 g/mol. The van der Waals surface area contributed by atoms with Gasteiger partial charge in [0.2, 0.25) is 0 Å². The highest BCUT2D eigenvalue weighted by molar-refractivity contribution is 7.80. The second kappa shape index (κ2) is 12.5. The molecule has 1 aliphatic carbocycles. The maximum Gasteiger partial charge on any atom is 0.341 e. The van der Waals surface area contributed by atoms with Crippen LogP contribution in [0.25, 0.3) is 11.1 Å². The van der Waals surface area contributed by atoms with E-state index in [1.807, 2.05) is 43.3 Å². The Balaban J connectivity index is 0.000000210. The molecule has 0 amide bonds. The van der Waals surface area contributed by atoms with Crippen molar-refractivity contribution in [3.8, 4) is 28.4 Å². The molecule has 206 valence electrons. The fourth-order valence-electron chi connectivity index (χ4n) is 5.63. The predicted octanol–water partition coefficient (Wildman–Crippen LogP) is 8.52. The highest BCUT2D eigenvalue weighted by Crippen LogP contribution is 2.47. The molecule has 2 aliphatic rings. The van der Waals surface area contributed by atoms with Gasteiger partial charge in [0, 0.05) is 22.5 Å². The number of ether oxygens (including phenoxy) is 2. The van der Waals surface area contributed by atoms with Crippen molar-refractivity contribution in [3.05, 3.63) is 102 Å². The molecule has 1 spiro atoms. The van der Waals surface area contributed by atoms with E-state index in [0.29, 0.717) is 11.2 Å². The smallest absolute Gasteiger partial charge is 0.341 e. The summed E-state index contributed by atoms with van der Waals surface area (Å²) in [4.78, 5) is 11.0. The third kappa shape index (κ3) is 6.62. The van der Waals surface area contributed by atoms with Crippen molar-refractivity contribution in [2.45, 2.75) is 49.3 Å². The molecule has 40 heavy (non-hydrogen) atoms. The number of aliphatic carboxylic acids is 1. The standard InChI is InChI=1S/C25H25NO.C9H10O3S/c1-3-7-21(8-4-1)27-22-12-9-19(10-13-22)20-11-14-24-23(17-20)25(18-26-24)15-5-2-6-16-25;1-6-4-7(13)2-3-8(6)12-5-9(10)11/h1,3-4,7-14,17,26H,2,5-6,15-16,18H2;2-4,13H,5H2,1H3,(H,10,11). The Bertz CT molecular complexity index is 1440. The molecule has 0 aromatic heterocycles. The number of hydrogen-bond donors (Lipinski definition) is 3. The van der Waals surface area contributed by atoms with Crippen LogP contribution in [-0.2, 0) is 10.2 Å². The van der Waals surface area contributed by atoms with Crippen molar-refractivity contribution in [3.63, 3.8) is 0 Å². The lowest BCUT2D eigenvalue weighted by Gasteiger charge is -2.33. The first kappa shape index (κ1) is 27.7. The average molecular weight is 554 g/mol. The van der Waals surface area contributed by atoms with Crippen molar-refractivity contribution in [1.29, 1.82) is 0 Å². The Labute approximate surface area is 241 Å². The SMILES string of the molecule is Cc1cc(S)ccc1OCC(=O)O.c1ccc(Oc2ccc(-c3ccc4c(c3)C3(CCCCC3)CN4)cc2)cc1. The Morgan fingerprint density at radius 2 is 1.57 bits per heavy atom. The van der Waals surface area contributed by atoms with Crippen molar-refractivity contribution < 1.29 is 19.4 Å². The number of nitrogens with one attached hydrogen (secondary N) is 1. The van der Waals surface area contributed by atoms with Crippen LogP contribution >= 0.6 is 12.6 Å². The minimum Gasteiger partial charge on any atom is -0.482 e. The first-order valence-electron chi connectivity index (χ1n) is 13.8. The van der Waals surface area contributed by atoms with Crippen LogP contribution in [0.15, 0.2) is 95.9 Å². The summed E-state index contributed by atoms with van der Waals surface area (Å²) in [5.74, 6) is 1.35. The molecule has 1 heterocycles. The van der Waals surface area contributed by atoms with Gasteiger partial charge in [-0.2, -0.15) is 0 Å². The molecule has 1 saturated carbocycles. The van der Waals surface area contributed by atoms with Gasteiger partial charge in [-0.05, 0) is 96.6 Å². The van der Waals surface area contributed by atoms with Gasteiger partial charge in [0.15, 0.2) is 6.61 Å². The van der Waals surface area contributed by atoms with Gasteiger partial charge in [-0.25, -0.2) is 4.79 Å². The highest BCUT2D eigenvalue weighted by Gasteiger charge is 2.39. The van der Waals surface area contributed by atoms with E-state index < -0.39 is 5.97 Å². The molecule has 4 aromatic carbocycles. The zero-order chi connectivity index (χ0) is 28.0. The third-order valence-electron chi connectivity index (χ3n) is 7.70. The van der Waals surface area contributed by atoms with Gasteiger partial charge >= 0.3 is 5.97 Å². The van der Waals surface area contributed by atoms with Crippen LogP contribution in [0.2, 0.25) is 0 Å². The molecule has 0 unspecified atom stereocenters. The summed E-state index contributed by atoms with van der Waals surface area (Å²) in [6.07, 6.45) is 6.74. The third-order valence-corrected chi connectivity index (χ3v) is 7.97. The van der Waals surface area contributed by atoms with Crippen LogP contribution in [0.3, 0.4) is 0 Å². The second-order valence-electron chi connectivity index (χ2n) is 10.5. The predicted molar refractivity (Wildman–Crippen MR) is 163 cm³/mol. The fourth-order valence-corrected chi connectivity index (χ4v) is 5.89. The van der Waals surface area contributed by atoms with E-state index in [-0.39, 0.29) is 6.61 Å². The van der Waals surface area contributed by atoms with Crippen molar-refractivity contribution in [1.82, 2.24) is 0 Å². The lowest BCUT2D eigenvalue weighted by molar-refractivity contribution is -0.139. The normalized spacial score (nSPS) is 14.8. The summed E-state index contributed by atoms with van der Waals surface area (Å²) in [6.45, 7) is 2.64. The highest BCUT2D eigenvalue weighted by atomic mass is 32.1. The summed E-state index contributed by atoms with van der Waals surface area (Å²) >= 11 is 4.14. The van der Waals surface area contributed by atoms with Gasteiger partial charge in [0.1, 0.15) is 17.2 Å². The second-order valence-corrected chi connectivity index (χ2v) is 11.0. The Hall–Kier alpha value is -3.90. The maximum absolute atomic E-state index is 10.2. The molecule has 0 atom stereocenters. The van der Waals surface area contributed by atoms with E-state index in [1.165, 1.54) is 54.5 Å². The summed E-state index contributed by atoms with van der Waals surface area (Å²) in [5.41, 5.74) is 6.66. The number of hydrogen-bond acceptors (Lipinski definition) is 5. The maximum atomic E-state index is 10.2. The molecule has 6 rings (SSSR count). The van der Waals surface area contributed by atoms with Gasteiger partial charge in [-0.3, -0.25) is 0 Å². The Kier molecular flexibility index (Phi) is 8.66. The molecular weight excluding hydrogens is 518 g/mol. The number of carboxylic acids is 1. The first-order valence-corrected chi connectivity index (χ1v) is 14.2. The minimum absolute atomic E-state index is 0.313. The van der Waals surface area contributed by atoms with Crippen LogP contribution in [0.4, 0.5) is 5.69 Å². The van der Waals surface area contributed by atoms with E-state index >= 15 is 0 Å². The largest absolute Gasteiger partial charge is 0.482 e. The van der Waals surface area contributed by atoms with E-state index in [4.69, 9.17) is 14.6 Å². The van der Waals surface area contributed by atoms with E-state index in [0.717, 1.165) is 28.5 Å². The molecule has 4 aromatic rings. The summed E-state index contributed by atoms with van der Waals surface area (Å²) in [5, 5.41) is 12.0. The zero-order valence-electron chi connectivity index (χ0n) is 22.7. The fraction of sp³-hybridized carbons (Fsp3) is 0.265. The quantitative estimate of drug-likeness (QED) is 0.209. The minimum atomic E-state index is -0.977. The van der Waals surface area contributed by atoms with E-state index in [2.05, 4.69) is 60.4 Å². The van der Waals surface area contributed by atoms with E-state index in [9.17, 15) is 4.79 Å². The number of para-hydroxylation sites is 1. The molecular formula is C34H35NO4S. The van der Waals surface area contributed by atoms with Crippen molar-refractivity contribution in [2.24, 2.45) is 0 Å². The number of rotatable bonds is 6. The van der Waals surface area contributed by atoms with Gasteiger partial charge in [0.25, 0.3) is 0 Å². The van der Waals surface area contributed by atoms with Gasteiger partial charge in [-0.1, -0.05) is 55.7 Å². The number of carbonyl (C=O) groups is 1. The van der Waals surface area contributed by atoms with Gasteiger partial charge < -0.3 is 19.9 Å². The number of anilines is 1. The van der Waals surface area contributed by atoms with Crippen LogP contribution in [0.5, 0.6) is 17.2 Å². The molecule has 0 bridgehead atoms. The molecule has 0 saturated heterocycles. The number of fused-ring (bicyclic) bond motifs is 2. The Morgan fingerprint density at radius 1 is 0.875 bits per heavy atom. The summed E-state index contributed by atoms with van der Waals surface area (Å²) < 4.78 is 10.9. The molecule has 2 N–H and O–H groups in total. The van der Waals surface area contributed by atoms with E-state index in [1.54, 1.807) is 12.1 Å². The molecule has 5 nitrogen and oxygen atoms in total. The first-order chi connectivity index (χ1) is 19.4. The van der Waals surface area contributed by atoms with Gasteiger partial charge in [0.05, 0.1) is 0 Å². The van der Waals surface area contributed by atoms with Crippen LogP contribution < -0.4 is 14.8 Å². The van der Waals surface area contributed by atoms with Crippen molar-refractivity contribution >= 4 is 24.3 Å². The van der Waals surface area contributed by atoms with Gasteiger partial charge in [-0.15, -0.1) is 12.6 Å². The topological polar surface area (TPSA) is 67.8 Å². The zero-order valence-corrected chi connectivity index (χ0v) is 23.6. The molecule has 1 fully saturated rings. The number of aryl methyl sites for hydroxylation is 1. The number of benzene rings is 4. The summed E-state index contributed by atoms with van der Waals surface area (Å²) in [6, 6.07) is 30.6. The van der Waals surface area contributed by atoms with Crippen molar-refractivity contribution in [2.75, 3.05) is 18.5 Å². The number of carboxylic acid groups (broad SMARTS) is 1. The Morgan fingerprint density at radius 3 is 2.27 bits per heavy atom. The number of thiol groups is 1.